The minimum absolute atomic E-state index is 0.0565. The number of aliphatic hydroxyl groups is 4. The minimum atomic E-state index is -1.47. The highest BCUT2D eigenvalue weighted by Gasteiger charge is 2.43. The summed E-state index contributed by atoms with van der Waals surface area (Å²) in [5, 5.41) is 40.3. The number of methoxy groups -OCH3 is 1. The van der Waals surface area contributed by atoms with Crippen LogP contribution in [0, 0.1) is 0 Å². The molecule has 0 radical (unpaired) electrons. The molecule has 1 aliphatic heterocycles. The molecule has 1 amide bonds. The predicted molar refractivity (Wildman–Crippen MR) is 70.9 cm³/mol. The number of rotatable bonds is 8. The molecule has 10 heteroatoms. The van der Waals surface area contributed by atoms with Crippen molar-refractivity contribution in [3.05, 3.63) is 0 Å². The number of ether oxygens (including phenoxy) is 4. The van der Waals surface area contributed by atoms with Gasteiger partial charge in [-0.2, -0.15) is 0 Å². The molecule has 0 unspecified atom stereocenters. The summed E-state index contributed by atoms with van der Waals surface area (Å²) in [5.74, 6) is 0. The minimum Gasteiger partial charge on any atom is -0.453 e. The molecule has 0 spiro atoms. The summed E-state index contributed by atoms with van der Waals surface area (Å²) >= 11 is 0. The lowest BCUT2D eigenvalue weighted by atomic mass is 9.99. The Morgan fingerprint density at radius 1 is 1.14 bits per heavy atom. The summed E-state index contributed by atoms with van der Waals surface area (Å²) in [6.45, 7) is 0.221. The van der Waals surface area contributed by atoms with Crippen LogP contribution >= 0.6 is 0 Å². The fourth-order valence-electron chi connectivity index (χ4n) is 1.83. The van der Waals surface area contributed by atoms with Gasteiger partial charge in [0.15, 0.2) is 6.29 Å². The average molecular weight is 325 g/mol. The van der Waals surface area contributed by atoms with Gasteiger partial charge in [0.2, 0.25) is 0 Å². The normalized spacial score (nSPS) is 31.8. The van der Waals surface area contributed by atoms with Crippen LogP contribution in [0.2, 0.25) is 0 Å². The van der Waals surface area contributed by atoms with Gasteiger partial charge in [-0.3, -0.25) is 0 Å². The maximum Gasteiger partial charge on any atom is 0.406 e. The van der Waals surface area contributed by atoms with Crippen LogP contribution in [-0.4, -0.2) is 97.3 Å². The van der Waals surface area contributed by atoms with Gasteiger partial charge in [0, 0.05) is 6.54 Å². The number of alkyl carbamates (subject to hydrolysis) is 1. The number of carbonyl (C=O) groups excluding carboxylic acids is 1. The van der Waals surface area contributed by atoms with Crippen molar-refractivity contribution in [2.24, 2.45) is 0 Å². The monoisotopic (exact) mass is 325 g/mol. The fourth-order valence-corrected chi connectivity index (χ4v) is 1.83. The van der Waals surface area contributed by atoms with Crippen LogP contribution in [0.25, 0.3) is 0 Å². The lowest BCUT2D eigenvalue weighted by Gasteiger charge is -2.39. The summed E-state index contributed by atoms with van der Waals surface area (Å²) in [6.07, 6.45) is -7.05. The van der Waals surface area contributed by atoms with Crippen molar-refractivity contribution in [1.82, 2.24) is 5.32 Å². The molecule has 10 nitrogen and oxygen atoms in total. The molecule has 130 valence electrons. The fraction of sp³-hybridized carbons (Fsp3) is 0.917. The van der Waals surface area contributed by atoms with Crippen molar-refractivity contribution in [3.8, 4) is 0 Å². The molecule has 0 aromatic rings. The Hall–Kier alpha value is -1.01. The van der Waals surface area contributed by atoms with Gasteiger partial charge < -0.3 is 44.7 Å². The first kappa shape index (κ1) is 19.0. The quantitative estimate of drug-likeness (QED) is 0.298. The zero-order valence-electron chi connectivity index (χ0n) is 12.3. The maximum absolute atomic E-state index is 10.7. The highest BCUT2D eigenvalue weighted by molar-refractivity contribution is 5.66. The zero-order valence-corrected chi connectivity index (χ0v) is 12.3. The largest absolute Gasteiger partial charge is 0.453 e. The van der Waals surface area contributed by atoms with Gasteiger partial charge in [-0.1, -0.05) is 0 Å². The number of carbonyl (C=O) groups is 1. The predicted octanol–water partition coefficient (Wildman–Crippen LogP) is -2.82. The smallest absolute Gasteiger partial charge is 0.406 e. The lowest BCUT2D eigenvalue weighted by Crippen LogP contribution is -2.59. The van der Waals surface area contributed by atoms with Crippen LogP contribution in [0.5, 0.6) is 0 Å². The van der Waals surface area contributed by atoms with Gasteiger partial charge in [0.05, 0.1) is 33.5 Å². The molecule has 0 aliphatic carbocycles. The van der Waals surface area contributed by atoms with Gasteiger partial charge in [-0.25, -0.2) is 4.79 Å². The molecule has 5 atom stereocenters. The number of amides is 1. The lowest BCUT2D eigenvalue weighted by molar-refractivity contribution is -0.302. The Kier molecular flexibility index (Phi) is 8.56. The third-order valence-corrected chi connectivity index (χ3v) is 3.06. The van der Waals surface area contributed by atoms with Crippen molar-refractivity contribution in [2.75, 3.05) is 40.1 Å². The molecule has 0 aromatic heterocycles. The van der Waals surface area contributed by atoms with E-state index in [2.05, 4.69) is 10.1 Å². The van der Waals surface area contributed by atoms with Crippen molar-refractivity contribution in [2.45, 2.75) is 30.7 Å². The van der Waals surface area contributed by atoms with E-state index in [4.69, 9.17) is 19.3 Å². The molecule has 1 rings (SSSR count). The van der Waals surface area contributed by atoms with E-state index in [1.165, 1.54) is 7.11 Å². The molecule has 22 heavy (non-hydrogen) atoms. The van der Waals surface area contributed by atoms with Crippen LogP contribution in [-0.2, 0) is 18.9 Å². The van der Waals surface area contributed by atoms with Gasteiger partial charge >= 0.3 is 6.09 Å². The summed E-state index contributed by atoms with van der Waals surface area (Å²) in [6, 6.07) is 0. The first-order chi connectivity index (χ1) is 10.5. The summed E-state index contributed by atoms with van der Waals surface area (Å²) in [5.41, 5.74) is 0. The zero-order chi connectivity index (χ0) is 16.5. The third-order valence-electron chi connectivity index (χ3n) is 3.06. The van der Waals surface area contributed by atoms with Gasteiger partial charge in [0.1, 0.15) is 24.4 Å². The highest BCUT2D eigenvalue weighted by Crippen LogP contribution is 2.21. The van der Waals surface area contributed by atoms with Crippen LogP contribution < -0.4 is 5.32 Å². The van der Waals surface area contributed by atoms with E-state index in [-0.39, 0.29) is 26.4 Å². The third kappa shape index (κ3) is 5.65. The van der Waals surface area contributed by atoms with Crippen LogP contribution in [0.1, 0.15) is 0 Å². The van der Waals surface area contributed by atoms with Crippen molar-refractivity contribution in [3.63, 3.8) is 0 Å². The number of aliphatic hydroxyl groups excluding tert-OH is 4. The Bertz CT molecular complexity index is 328. The van der Waals surface area contributed by atoms with E-state index < -0.39 is 43.4 Å². The van der Waals surface area contributed by atoms with E-state index in [9.17, 15) is 20.1 Å². The van der Waals surface area contributed by atoms with Crippen molar-refractivity contribution < 1.29 is 44.2 Å². The maximum atomic E-state index is 10.7. The van der Waals surface area contributed by atoms with Crippen molar-refractivity contribution in [1.29, 1.82) is 0 Å². The highest BCUT2D eigenvalue weighted by atomic mass is 16.7. The second-order valence-electron chi connectivity index (χ2n) is 4.60. The molecule has 1 aliphatic rings. The summed E-state index contributed by atoms with van der Waals surface area (Å²) in [7, 11) is 1.25. The summed E-state index contributed by atoms with van der Waals surface area (Å²) in [4.78, 5) is 10.7. The van der Waals surface area contributed by atoms with Crippen LogP contribution in [0.3, 0.4) is 0 Å². The Balaban J connectivity index is 2.17. The van der Waals surface area contributed by atoms with Gasteiger partial charge in [0.25, 0.3) is 0 Å². The molecular weight excluding hydrogens is 302 g/mol. The topological polar surface area (TPSA) is 147 Å². The SMILES string of the molecule is COC(=O)NCCOCCO[C@H]1O[C@H](CO)[C@@H](O)[C@H](O)[C@@H]1O. The Morgan fingerprint density at radius 3 is 2.50 bits per heavy atom. The second-order valence-corrected chi connectivity index (χ2v) is 4.60. The number of hydrogen-bond acceptors (Lipinski definition) is 9. The Labute approximate surface area is 127 Å². The molecule has 1 fully saturated rings. The molecule has 1 saturated heterocycles. The van der Waals surface area contributed by atoms with E-state index in [1.54, 1.807) is 0 Å². The van der Waals surface area contributed by atoms with E-state index >= 15 is 0 Å². The van der Waals surface area contributed by atoms with Crippen LogP contribution in [0.15, 0.2) is 0 Å². The van der Waals surface area contributed by atoms with E-state index in [1.807, 2.05) is 0 Å². The molecule has 0 bridgehead atoms. The van der Waals surface area contributed by atoms with E-state index in [0.29, 0.717) is 0 Å². The Morgan fingerprint density at radius 2 is 1.86 bits per heavy atom. The molecule has 5 N–H and O–H groups in total. The first-order valence-corrected chi connectivity index (χ1v) is 6.83. The van der Waals surface area contributed by atoms with Gasteiger partial charge in [-0.05, 0) is 0 Å². The average Bonchev–Trinajstić information content (AvgIpc) is 2.53. The second kappa shape index (κ2) is 9.90. The summed E-state index contributed by atoms with van der Waals surface area (Å²) < 4.78 is 19.9. The molecule has 0 aromatic carbocycles. The standard InChI is InChI=1S/C12H23NO9/c1-19-12(18)13-2-3-20-4-5-21-11-10(17)9(16)8(15)7(6-14)22-11/h7-11,14-17H,2-6H2,1H3,(H,13,18)/t7-,8-,9+,10+,11+/m1/s1. The first-order valence-electron chi connectivity index (χ1n) is 6.83. The molecule has 0 saturated carbocycles. The van der Waals surface area contributed by atoms with Crippen LogP contribution in [0.4, 0.5) is 4.79 Å². The van der Waals surface area contributed by atoms with Gasteiger partial charge in [-0.15, -0.1) is 0 Å². The number of hydrogen-bond donors (Lipinski definition) is 5. The number of nitrogens with one attached hydrogen (secondary N) is 1. The van der Waals surface area contributed by atoms with E-state index in [0.717, 1.165) is 0 Å². The molecule has 1 heterocycles. The van der Waals surface area contributed by atoms with Crippen molar-refractivity contribution >= 4 is 6.09 Å². The molecular formula is C12H23NO9.